The molecule has 1 amide bonds. The van der Waals surface area contributed by atoms with E-state index in [1.54, 1.807) is 0 Å². The molecule has 4 aliphatic rings. The molecule has 3 unspecified atom stereocenters. The number of rotatable bonds is 8. The first-order valence-electron chi connectivity index (χ1n) is 13.0. The molecule has 5 heteroatoms. The Morgan fingerprint density at radius 1 is 1.00 bits per heavy atom. The SMILES string of the molecule is C[C@@H](Cc1ccccc1)C(=O)N[C@@H](CB1OC2CC3CC(C3(C)C)[C@@]2(C)O1)Cc1ccccc1. The summed E-state index contributed by atoms with van der Waals surface area (Å²) in [5, 5.41) is 3.35. The van der Waals surface area contributed by atoms with Gasteiger partial charge < -0.3 is 14.6 Å². The van der Waals surface area contributed by atoms with Crippen molar-refractivity contribution in [2.75, 3.05) is 0 Å². The molecule has 6 rings (SSSR count). The number of hydrogen-bond acceptors (Lipinski definition) is 3. The highest BCUT2D eigenvalue weighted by Gasteiger charge is 2.67. The Kier molecular flexibility index (Phi) is 6.37. The summed E-state index contributed by atoms with van der Waals surface area (Å²) in [6.45, 7) is 9.04. The van der Waals surface area contributed by atoms with Crippen molar-refractivity contribution in [1.82, 2.24) is 5.32 Å². The van der Waals surface area contributed by atoms with Crippen LogP contribution in [0.4, 0.5) is 0 Å². The minimum absolute atomic E-state index is 0.0371. The summed E-state index contributed by atoms with van der Waals surface area (Å²) in [4.78, 5) is 13.2. The lowest BCUT2D eigenvalue weighted by Crippen LogP contribution is -2.65. The minimum Gasteiger partial charge on any atom is -0.405 e. The molecule has 2 bridgehead atoms. The zero-order chi connectivity index (χ0) is 23.9. The van der Waals surface area contributed by atoms with E-state index in [2.05, 4.69) is 62.5 Å². The van der Waals surface area contributed by atoms with Gasteiger partial charge in [0.1, 0.15) is 0 Å². The smallest absolute Gasteiger partial charge is 0.405 e. The van der Waals surface area contributed by atoms with E-state index in [1.807, 2.05) is 31.2 Å². The summed E-state index contributed by atoms with van der Waals surface area (Å²) in [5.74, 6) is 1.27. The van der Waals surface area contributed by atoms with Crippen molar-refractivity contribution in [3.63, 3.8) is 0 Å². The van der Waals surface area contributed by atoms with Gasteiger partial charge >= 0.3 is 7.12 Å². The Morgan fingerprint density at radius 3 is 2.24 bits per heavy atom. The molecule has 2 aromatic carbocycles. The van der Waals surface area contributed by atoms with Gasteiger partial charge in [0.2, 0.25) is 5.91 Å². The van der Waals surface area contributed by atoms with Crippen molar-refractivity contribution in [3.05, 3.63) is 71.8 Å². The van der Waals surface area contributed by atoms with E-state index in [0.717, 1.165) is 25.2 Å². The first-order valence-corrected chi connectivity index (χ1v) is 13.0. The fourth-order valence-corrected chi connectivity index (χ4v) is 6.78. The van der Waals surface area contributed by atoms with Crippen LogP contribution in [0.15, 0.2) is 60.7 Å². The maximum Gasteiger partial charge on any atom is 0.459 e. The Balaban J connectivity index is 1.26. The van der Waals surface area contributed by atoms with Crippen molar-refractivity contribution in [1.29, 1.82) is 0 Å². The van der Waals surface area contributed by atoms with Crippen LogP contribution >= 0.6 is 0 Å². The third-order valence-corrected chi connectivity index (χ3v) is 8.98. The second-order valence-electron chi connectivity index (χ2n) is 11.6. The third-order valence-electron chi connectivity index (χ3n) is 8.98. The molecule has 2 aromatic rings. The number of benzene rings is 2. The fourth-order valence-electron chi connectivity index (χ4n) is 6.78. The molecule has 0 spiro atoms. The Labute approximate surface area is 205 Å². The Bertz CT molecular complexity index is 997. The molecular weight excluding hydrogens is 421 g/mol. The monoisotopic (exact) mass is 459 g/mol. The van der Waals surface area contributed by atoms with Gasteiger partial charge in [-0.1, -0.05) is 81.4 Å². The van der Waals surface area contributed by atoms with Gasteiger partial charge in [-0.25, -0.2) is 0 Å². The zero-order valence-electron chi connectivity index (χ0n) is 21.0. The van der Waals surface area contributed by atoms with Crippen LogP contribution in [0.25, 0.3) is 0 Å². The largest absolute Gasteiger partial charge is 0.459 e. The van der Waals surface area contributed by atoms with Crippen LogP contribution < -0.4 is 5.32 Å². The predicted octanol–water partition coefficient (Wildman–Crippen LogP) is 5.32. The van der Waals surface area contributed by atoms with Gasteiger partial charge in [-0.05, 0) is 61.0 Å². The van der Waals surface area contributed by atoms with E-state index in [1.165, 1.54) is 17.5 Å². The predicted molar refractivity (Wildman–Crippen MR) is 136 cm³/mol. The molecule has 1 saturated heterocycles. The normalized spacial score (nSPS) is 30.7. The van der Waals surface area contributed by atoms with Crippen molar-refractivity contribution in [2.24, 2.45) is 23.2 Å². The second kappa shape index (κ2) is 9.16. The molecule has 34 heavy (non-hydrogen) atoms. The molecule has 0 aromatic heterocycles. The van der Waals surface area contributed by atoms with Gasteiger partial charge in [-0.15, -0.1) is 0 Å². The number of nitrogens with one attached hydrogen (secondary N) is 1. The number of carbonyl (C=O) groups is 1. The highest BCUT2D eigenvalue weighted by Crippen LogP contribution is 2.65. The Morgan fingerprint density at radius 2 is 1.62 bits per heavy atom. The highest BCUT2D eigenvalue weighted by atomic mass is 16.7. The third kappa shape index (κ3) is 4.45. The summed E-state index contributed by atoms with van der Waals surface area (Å²) in [5.41, 5.74) is 2.51. The van der Waals surface area contributed by atoms with Crippen LogP contribution in [0, 0.1) is 23.2 Å². The average molecular weight is 459 g/mol. The first kappa shape index (κ1) is 23.6. The maximum atomic E-state index is 13.2. The zero-order valence-corrected chi connectivity index (χ0v) is 21.0. The molecule has 4 nitrogen and oxygen atoms in total. The lowest BCUT2D eigenvalue weighted by Gasteiger charge is -2.64. The van der Waals surface area contributed by atoms with Crippen molar-refractivity contribution in [2.45, 2.75) is 77.4 Å². The minimum atomic E-state index is -0.274. The number of hydrogen-bond donors (Lipinski definition) is 1. The maximum absolute atomic E-state index is 13.2. The van der Waals surface area contributed by atoms with Crippen molar-refractivity contribution < 1.29 is 14.1 Å². The lowest BCUT2D eigenvalue weighted by molar-refractivity contribution is -0.199. The van der Waals surface area contributed by atoms with Crippen LogP contribution in [0.5, 0.6) is 0 Å². The molecule has 0 radical (unpaired) electrons. The number of carbonyl (C=O) groups excluding carboxylic acids is 1. The van der Waals surface area contributed by atoms with E-state index in [-0.39, 0.29) is 36.7 Å². The van der Waals surface area contributed by atoms with Gasteiger partial charge in [0.15, 0.2) is 0 Å². The molecule has 6 atom stereocenters. The molecule has 4 fully saturated rings. The molecular formula is C29H38BNO3. The van der Waals surface area contributed by atoms with E-state index < -0.39 is 0 Å². The van der Waals surface area contributed by atoms with Gasteiger partial charge in [0.05, 0.1) is 11.7 Å². The fraction of sp³-hybridized carbons (Fsp3) is 0.552. The van der Waals surface area contributed by atoms with Gasteiger partial charge in [0, 0.05) is 18.3 Å². The summed E-state index contributed by atoms with van der Waals surface area (Å²) < 4.78 is 13.2. The summed E-state index contributed by atoms with van der Waals surface area (Å²) in [7, 11) is -0.274. The first-order chi connectivity index (χ1) is 16.3. The Hall–Kier alpha value is -2.11. The summed E-state index contributed by atoms with van der Waals surface area (Å²) in [6.07, 6.45) is 4.67. The van der Waals surface area contributed by atoms with Crippen LogP contribution in [0.2, 0.25) is 6.32 Å². The van der Waals surface area contributed by atoms with Crippen LogP contribution in [-0.2, 0) is 26.9 Å². The quantitative estimate of drug-likeness (QED) is 0.544. The molecule has 180 valence electrons. The number of amides is 1. The van der Waals surface area contributed by atoms with Crippen molar-refractivity contribution in [3.8, 4) is 0 Å². The average Bonchev–Trinajstić information content (AvgIpc) is 3.15. The van der Waals surface area contributed by atoms with E-state index in [0.29, 0.717) is 17.7 Å². The van der Waals surface area contributed by atoms with E-state index in [4.69, 9.17) is 9.31 Å². The highest BCUT2D eigenvalue weighted by molar-refractivity contribution is 6.45. The molecule has 1 heterocycles. The topological polar surface area (TPSA) is 47.6 Å². The molecule has 3 saturated carbocycles. The van der Waals surface area contributed by atoms with Gasteiger partial charge in [-0.2, -0.15) is 0 Å². The van der Waals surface area contributed by atoms with Gasteiger partial charge in [-0.3, -0.25) is 4.79 Å². The van der Waals surface area contributed by atoms with Crippen LogP contribution in [0.1, 0.15) is 51.7 Å². The molecule has 1 aliphatic heterocycles. The lowest BCUT2D eigenvalue weighted by atomic mass is 9.43. The molecule has 3 aliphatic carbocycles. The molecule has 1 N–H and O–H groups in total. The van der Waals surface area contributed by atoms with Crippen LogP contribution in [-0.4, -0.2) is 30.8 Å². The second-order valence-corrected chi connectivity index (χ2v) is 11.6. The summed E-state index contributed by atoms with van der Waals surface area (Å²) >= 11 is 0. The van der Waals surface area contributed by atoms with Crippen molar-refractivity contribution >= 4 is 13.0 Å². The standard InChI is InChI=1S/C29H38BNO3/c1-20(15-21-11-7-5-8-12-21)27(32)31-24(16-22-13-9-6-10-14-22)19-30-33-26-18-23-17-25(28(23,2)3)29(26,4)34-30/h5-14,20,23-26H,15-19H2,1-4H3,(H,31,32)/t20-,23?,24+,25?,26?,29+/m0/s1. The summed E-state index contributed by atoms with van der Waals surface area (Å²) in [6, 6.07) is 20.6. The van der Waals surface area contributed by atoms with E-state index >= 15 is 0 Å². The van der Waals surface area contributed by atoms with E-state index in [9.17, 15) is 4.79 Å². The van der Waals surface area contributed by atoms with Gasteiger partial charge in [0.25, 0.3) is 0 Å². The van der Waals surface area contributed by atoms with Crippen LogP contribution in [0.3, 0.4) is 0 Å².